The molecule has 2 fully saturated rings. The molecule has 3 atom stereocenters. The molecule has 1 aromatic rings. The minimum atomic E-state index is 0.641. The lowest BCUT2D eigenvalue weighted by Crippen LogP contribution is -2.44. The average Bonchev–Trinajstić information content (AvgIpc) is 2.99. The van der Waals surface area contributed by atoms with Crippen LogP contribution in [-0.4, -0.2) is 54.6 Å². The Kier molecular flexibility index (Phi) is 4.76. The van der Waals surface area contributed by atoms with E-state index in [0.29, 0.717) is 6.04 Å². The highest BCUT2D eigenvalue weighted by Gasteiger charge is 2.35. The molecule has 2 bridgehead atoms. The zero-order valence-corrected chi connectivity index (χ0v) is 13.5. The van der Waals surface area contributed by atoms with Crippen LogP contribution in [0.4, 0.5) is 0 Å². The Hall–Kier alpha value is -0.420. The zero-order valence-electron chi connectivity index (χ0n) is 12.7. The van der Waals surface area contributed by atoms with Crippen LogP contribution in [0.15, 0.2) is 17.5 Å². The van der Waals surface area contributed by atoms with Gasteiger partial charge in [-0.2, -0.15) is 0 Å². The lowest BCUT2D eigenvalue weighted by atomic mass is 10.1. The maximum absolute atomic E-state index is 3.62. The largest absolute Gasteiger partial charge is 0.310 e. The van der Waals surface area contributed by atoms with E-state index < -0.39 is 0 Å². The molecule has 3 unspecified atom stereocenters. The van der Waals surface area contributed by atoms with Crippen molar-refractivity contribution in [3.8, 4) is 0 Å². The SMILES string of the molecule is CC(CNCc1cccs1)N1CCC2CCC(C1)N2C. The van der Waals surface area contributed by atoms with Crippen LogP contribution in [0.5, 0.6) is 0 Å². The van der Waals surface area contributed by atoms with E-state index >= 15 is 0 Å². The van der Waals surface area contributed by atoms with Gasteiger partial charge >= 0.3 is 0 Å². The summed E-state index contributed by atoms with van der Waals surface area (Å²) in [4.78, 5) is 6.76. The molecule has 0 radical (unpaired) electrons. The predicted molar refractivity (Wildman–Crippen MR) is 86.3 cm³/mol. The first-order valence-electron chi connectivity index (χ1n) is 7.93. The molecule has 112 valence electrons. The van der Waals surface area contributed by atoms with Crippen LogP contribution in [-0.2, 0) is 6.54 Å². The third kappa shape index (κ3) is 3.25. The van der Waals surface area contributed by atoms with Gasteiger partial charge in [-0.05, 0) is 44.7 Å². The number of nitrogens with zero attached hydrogens (tertiary/aromatic N) is 2. The van der Waals surface area contributed by atoms with Gasteiger partial charge in [-0.15, -0.1) is 11.3 Å². The Labute approximate surface area is 127 Å². The van der Waals surface area contributed by atoms with Gasteiger partial charge in [0.15, 0.2) is 0 Å². The Morgan fingerprint density at radius 1 is 1.35 bits per heavy atom. The number of thiophene rings is 1. The molecule has 0 amide bonds. The summed E-state index contributed by atoms with van der Waals surface area (Å²) in [6, 6.07) is 6.62. The number of hydrogen-bond donors (Lipinski definition) is 1. The summed E-state index contributed by atoms with van der Waals surface area (Å²) in [6.07, 6.45) is 4.16. The molecule has 0 spiro atoms. The van der Waals surface area contributed by atoms with Crippen LogP contribution >= 0.6 is 11.3 Å². The quantitative estimate of drug-likeness (QED) is 0.899. The standard InChI is InChI=1S/C16H27N3S/c1-13(10-17-11-16-4-3-9-20-16)19-8-7-14-5-6-15(12-19)18(14)2/h3-4,9,13-15,17H,5-8,10-12H2,1-2H3. The first kappa shape index (κ1) is 14.5. The minimum absolute atomic E-state index is 0.641. The van der Waals surface area contributed by atoms with Crippen LogP contribution < -0.4 is 5.32 Å². The van der Waals surface area contributed by atoms with E-state index in [9.17, 15) is 0 Å². The molecule has 4 heteroatoms. The van der Waals surface area contributed by atoms with Crippen LogP contribution in [0.1, 0.15) is 31.1 Å². The summed E-state index contributed by atoms with van der Waals surface area (Å²) in [5.41, 5.74) is 0. The van der Waals surface area contributed by atoms with Crippen molar-refractivity contribution in [3.63, 3.8) is 0 Å². The van der Waals surface area contributed by atoms with Gasteiger partial charge in [0.05, 0.1) is 0 Å². The van der Waals surface area contributed by atoms with E-state index in [-0.39, 0.29) is 0 Å². The second-order valence-electron chi connectivity index (χ2n) is 6.39. The maximum Gasteiger partial charge on any atom is 0.0300 e. The molecule has 0 saturated carbocycles. The molecular weight excluding hydrogens is 266 g/mol. The van der Waals surface area contributed by atoms with Gasteiger partial charge in [0, 0.05) is 49.2 Å². The first-order valence-corrected chi connectivity index (χ1v) is 8.81. The molecule has 2 saturated heterocycles. The highest BCUT2D eigenvalue weighted by atomic mass is 32.1. The molecule has 3 nitrogen and oxygen atoms in total. The third-order valence-electron chi connectivity index (χ3n) is 5.12. The van der Waals surface area contributed by atoms with Crippen LogP contribution in [0.2, 0.25) is 0 Å². The van der Waals surface area contributed by atoms with Crippen molar-refractivity contribution in [1.82, 2.24) is 15.1 Å². The second-order valence-corrected chi connectivity index (χ2v) is 7.43. The highest BCUT2D eigenvalue weighted by Crippen LogP contribution is 2.29. The molecule has 3 heterocycles. The van der Waals surface area contributed by atoms with E-state index in [2.05, 4.69) is 46.6 Å². The van der Waals surface area contributed by atoms with E-state index in [1.807, 2.05) is 11.3 Å². The normalized spacial score (nSPS) is 29.5. The second kappa shape index (κ2) is 6.56. The molecule has 1 aromatic heterocycles. The Morgan fingerprint density at radius 3 is 3.00 bits per heavy atom. The first-order chi connectivity index (χ1) is 9.74. The number of likely N-dealkylation sites (N-methyl/N-ethyl adjacent to an activating group) is 1. The van der Waals surface area contributed by atoms with Gasteiger partial charge in [0.25, 0.3) is 0 Å². The Bertz CT molecular complexity index is 406. The molecule has 2 aliphatic heterocycles. The number of hydrogen-bond acceptors (Lipinski definition) is 4. The van der Waals surface area contributed by atoms with Crippen molar-refractivity contribution in [2.45, 2.75) is 50.9 Å². The topological polar surface area (TPSA) is 18.5 Å². The van der Waals surface area contributed by atoms with E-state index in [0.717, 1.165) is 25.2 Å². The predicted octanol–water partition coefficient (Wildman–Crippen LogP) is 2.39. The smallest absolute Gasteiger partial charge is 0.0300 e. The van der Waals surface area contributed by atoms with Crippen LogP contribution in [0.25, 0.3) is 0 Å². The molecule has 0 aliphatic carbocycles. The van der Waals surface area contributed by atoms with Crippen molar-refractivity contribution in [2.24, 2.45) is 0 Å². The zero-order chi connectivity index (χ0) is 13.9. The molecule has 20 heavy (non-hydrogen) atoms. The van der Waals surface area contributed by atoms with Crippen molar-refractivity contribution in [2.75, 3.05) is 26.7 Å². The number of nitrogens with one attached hydrogen (secondary N) is 1. The van der Waals surface area contributed by atoms with Crippen molar-refractivity contribution < 1.29 is 0 Å². The maximum atomic E-state index is 3.62. The monoisotopic (exact) mass is 293 g/mol. The van der Waals surface area contributed by atoms with Gasteiger partial charge < -0.3 is 5.32 Å². The summed E-state index contributed by atoms with van der Waals surface area (Å²) >= 11 is 1.84. The summed E-state index contributed by atoms with van der Waals surface area (Å²) in [7, 11) is 2.32. The molecule has 1 N–H and O–H groups in total. The van der Waals surface area contributed by atoms with Crippen LogP contribution in [0, 0.1) is 0 Å². The van der Waals surface area contributed by atoms with Crippen LogP contribution in [0.3, 0.4) is 0 Å². The van der Waals surface area contributed by atoms with Gasteiger partial charge in [0.1, 0.15) is 0 Å². The van der Waals surface area contributed by atoms with Gasteiger partial charge in [0.2, 0.25) is 0 Å². The Balaban J connectivity index is 1.46. The van der Waals surface area contributed by atoms with Crippen molar-refractivity contribution >= 4 is 11.3 Å². The fourth-order valence-corrected chi connectivity index (χ4v) is 4.36. The summed E-state index contributed by atoms with van der Waals surface area (Å²) in [5, 5.41) is 5.77. The van der Waals surface area contributed by atoms with Crippen molar-refractivity contribution in [1.29, 1.82) is 0 Å². The van der Waals surface area contributed by atoms with Gasteiger partial charge in [-0.25, -0.2) is 0 Å². The van der Waals surface area contributed by atoms with E-state index in [1.165, 1.54) is 37.2 Å². The number of likely N-dealkylation sites (tertiary alicyclic amines) is 1. The van der Waals surface area contributed by atoms with E-state index in [4.69, 9.17) is 0 Å². The van der Waals surface area contributed by atoms with Gasteiger partial charge in [-0.3, -0.25) is 9.80 Å². The fourth-order valence-electron chi connectivity index (χ4n) is 3.68. The summed E-state index contributed by atoms with van der Waals surface area (Å²) in [6.45, 7) is 7.02. The minimum Gasteiger partial charge on any atom is -0.310 e. The summed E-state index contributed by atoms with van der Waals surface area (Å²) < 4.78 is 0. The lowest BCUT2D eigenvalue weighted by molar-refractivity contribution is 0.177. The Morgan fingerprint density at radius 2 is 2.20 bits per heavy atom. The molecular formula is C16H27N3S. The number of rotatable bonds is 5. The average molecular weight is 293 g/mol. The number of fused-ring (bicyclic) bond motifs is 2. The third-order valence-corrected chi connectivity index (χ3v) is 6.00. The van der Waals surface area contributed by atoms with Crippen molar-refractivity contribution in [3.05, 3.63) is 22.4 Å². The molecule has 0 aromatic carbocycles. The van der Waals surface area contributed by atoms with E-state index in [1.54, 1.807) is 0 Å². The van der Waals surface area contributed by atoms with Gasteiger partial charge in [-0.1, -0.05) is 6.07 Å². The highest BCUT2D eigenvalue weighted by molar-refractivity contribution is 7.09. The fraction of sp³-hybridized carbons (Fsp3) is 0.750. The lowest BCUT2D eigenvalue weighted by Gasteiger charge is -2.31. The summed E-state index contributed by atoms with van der Waals surface area (Å²) in [5.74, 6) is 0. The molecule has 3 rings (SSSR count). The molecule has 2 aliphatic rings.